The van der Waals surface area contributed by atoms with E-state index in [4.69, 9.17) is 0 Å². The monoisotopic (exact) mass is 254 g/mol. The minimum Gasteiger partial charge on any atom is -0.313 e. The van der Waals surface area contributed by atoms with Crippen molar-refractivity contribution in [2.75, 3.05) is 19.6 Å². The minimum absolute atomic E-state index is 0.103. The number of hydrogen-bond acceptors (Lipinski definition) is 3. The van der Waals surface area contributed by atoms with E-state index in [0.717, 1.165) is 18.7 Å². The summed E-state index contributed by atoms with van der Waals surface area (Å²) >= 11 is 0. The van der Waals surface area contributed by atoms with Crippen LogP contribution in [0.3, 0.4) is 0 Å². The van der Waals surface area contributed by atoms with Crippen LogP contribution in [0.2, 0.25) is 0 Å². The van der Waals surface area contributed by atoms with E-state index in [1.807, 2.05) is 26.0 Å². The van der Waals surface area contributed by atoms with Crippen LogP contribution in [0.25, 0.3) is 0 Å². The molecule has 0 aliphatic carbocycles. The molecule has 0 saturated carbocycles. The second kappa shape index (κ2) is 4.76. The molecule has 1 heterocycles. The highest BCUT2D eigenvalue weighted by Crippen LogP contribution is 2.20. The third kappa shape index (κ3) is 2.36. The highest BCUT2D eigenvalue weighted by atomic mass is 32.2. The molecule has 0 aromatic heterocycles. The summed E-state index contributed by atoms with van der Waals surface area (Å²) in [5.74, 6) is 0. The second-order valence-electron chi connectivity index (χ2n) is 4.33. The van der Waals surface area contributed by atoms with E-state index < -0.39 is 10.0 Å². The van der Waals surface area contributed by atoms with Crippen molar-refractivity contribution in [1.82, 2.24) is 9.62 Å². The van der Waals surface area contributed by atoms with E-state index >= 15 is 0 Å². The summed E-state index contributed by atoms with van der Waals surface area (Å²) in [5.41, 5.74) is 1.07. The second-order valence-corrected chi connectivity index (χ2v) is 6.22. The maximum Gasteiger partial charge on any atom is 0.243 e. The summed E-state index contributed by atoms with van der Waals surface area (Å²) < 4.78 is 26.4. The summed E-state index contributed by atoms with van der Waals surface area (Å²) in [6.45, 7) is 5.84. The van der Waals surface area contributed by atoms with Crippen molar-refractivity contribution < 1.29 is 8.42 Å². The van der Waals surface area contributed by atoms with E-state index in [-0.39, 0.29) is 6.04 Å². The molecular weight excluding hydrogens is 236 g/mol. The number of hydrogen-bond donors (Lipinski definition) is 1. The average molecular weight is 254 g/mol. The zero-order chi connectivity index (χ0) is 12.5. The lowest BCUT2D eigenvalue weighted by molar-refractivity contribution is 0.249. The summed E-state index contributed by atoms with van der Waals surface area (Å²) in [6.07, 6.45) is 0. The molecule has 1 aliphatic heterocycles. The van der Waals surface area contributed by atoms with Gasteiger partial charge >= 0.3 is 0 Å². The van der Waals surface area contributed by atoms with Gasteiger partial charge < -0.3 is 5.32 Å². The van der Waals surface area contributed by atoms with Gasteiger partial charge in [0, 0.05) is 25.7 Å². The number of sulfonamides is 1. The minimum atomic E-state index is -3.33. The fourth-order valence-electron chi connectivity index (χ4n) is 1.95. The van der Waals surface area contributed by atoms with Gasteiger partial charge in [-0.1, -0.05) is 24.6 Å². The van der Waals surface area contributed by atoms with Gasteiger partial charge in [0.2, 0.25) is 10.0 Å². The van der Waals surface area contributed by atoms with Crippen molar-refractivity contribution in [2.24, 2.45) is 0 Å². The lowest BCUT2D eigenvalue weighted by Crippen LogP contribution is -2.58. The fraction of sp³-hybridized carbons (Fsp3) is 0.500. The van der Waals surface area contributed by atoms with Gasteiger partial charge in [0.15, 0.2) is 0 Å². The van der Waals surface area contributed by atoms with Gasteiger partial charge in [-0.15, -0.1) is 0 Å². The van der Waals surface area contributed by atoms with Crippen molar-refractivity contribution in [1.29, 1.82) is 0 Å². The van der Waals surface area contributed by atoms with Gasteiger partial charge in [-0.05, 0) is 19.1 Å². The Morgan fingerprint density at radius 3 is 2.29 bits per heavy atom. The van der Waals surface area contributed by atoms with E-state index in [1.165, 1.54) is 0 Å². The quantitative estimate of drug-likeness (QED) is 0.871. The van der Waals surface area contributed by atoms with Crippen LogP contribution in [0.1, 0.15) is 12.5 Å². The Bertz CT molecular complexity index is 478. The van der Waals surface area contributed by atoms with Crippen LogP contribution >= 0.6 is 0 Å². The van der Waals surface area contributed by atoms with Crippen LogP contribution in [0, 0.1) is 6.92 Å². The van der Waals surface area contributed by atoms with Crippen molar-refractivity contribution in [2.45, 2.75) is 24.8 Å². The van der Waals surface area contributed by atoms with Gasteiger partial charge in [-0.2, -0.15) is 4.31 Å². The summed E-state index contributed by atoms with van der Waals surface area (Å²) in [4.78, 5) is 0.386. The van der Waals surface area contributed by atoms with Crippen LogP contribution in [0.5, 0.6) is 0 Å². The maximum atomic E-state index is 12.4. The molecule has 0 bridgehead atoms. The first-order valence-electron chi connectivity index (χ1n) is 5.85. The first-order chi connectivity index (χ1) is 8.05. The van der Waals surface area contributed by atoms with Gasteiger partial charge in [0.05, 0.1) is 4.90 Å². The molecule has 0 spiro atoms. The molecule has 0 atom stereocenters. The molecular formula is C12H18N2O2S. The molecule has 1 aromatic rings. The first kappa shape index (κ1) is 12.5. The normalized spacial score (nSPS) is 17.1. The van der Waals surface area contributed by atoms with Crippen molar-refractivity contribution in [3.63, 3.8) is 0 Å². The van der Waals surface area contributed by atoms with Crippen LogP contribution in [0.4, 0.5) is 0 Å². The van der Waals surface area contributed by atoms with E-state index in [1.54, 1.807) is 16.4 Å². The molecule has 1 saturated heterocycles. The zero-order valence-electron chi connectivity index (χ0n) is 10.2. The predicted molar refractivity (Wildman–Crippen MR) is 67.4 cm³/mol. The SMILES string of the molecule is CCN(C1CNC1)S(=O)(=O)c1ccc(C)cc1. The summed E-state index contributed by atoms with van der Waals surface area (Å²) in [5, 5.41) is 3.10. The number of nitrogens with one attached hydrogen (secondary N) is 1. The number of benzene rings is 1. The highest BCUT2D eigenvalue weighted by Gasteiger charge is 2.33. The standard InChI is InChI=1S/C12H18N2O2S/c1-3-14(11-8-13-9-11)17(15,16)12-6-4-10(2)5-7-12/h4-7,11,13H,3,8-9H2,1-2H3. The number of likely N-dealkylation sites (N-methyl/N-ethyl adjacent to an activating group) is 1. The van der Waals surface area contributed by atoms with E-state index in [2.05, 4.69) is 5.32 Å². The maximum absolute atomic E-state index is 12.4. The highest BCUT2D eigenvalue weighted by molar-refractivity contribution is 7.89. The van der Waals surface area contributed by atoms with Crippen LogP contribution in [0.15, 0.2) is 29.2 Å². The Hall–Kier alpha value is -0.910. The first-order valence-corrected chi connectivity index (χ1v) is 7.29. The topological polar surface area (TPSA) is 49.4 Å². The van der Waals surface area contributed by atoms with Gasteiger partial charge in [-0.25, -0.2) is 8.42 Å². The number of nitrogens with zero attached hydrogens (tertiary/aromatic N) is 1. The molecule has 5 heteroatoms. The van der Waals surface area contributed by atoms with Gasteiger partial charge in [0.25, 0.3) is 0 Å². The van der Waals surface area contributed by atoms with Gasteiger partial charge in [-0.3, -0.25) is 0 Å². The zero-order valence-corrected chi connectivity index (χ0v) is 11.0. The van der Waals surface area contributed by atoms with Crippen LogP contribution < -0.4 is 5.32 Å². The molecule has 94 valence electrons. The fourth-order valence-corrected chi connectivity index (χ4v) is 3.58. The van der Waals surface area contributed by atoms with Crippen LogP contribution in [-0.2, 0) is 10.0 Å². The lowest BCUT2D eigenvalue weighted by atomic mass is 10.2. The average Bonchev–Trinajstić information content (AvgIpc) is 2.23. The van der Waals surface area contributed by atoms with Crippen molar-refractivity contribution in [3.05, 3.63) is 29.8 Å². The number of rotatable bonds is 4. The molecule has 0 unspecified atom stereocenters. The van der Waals surface area contributed by atoms with Crippen LogP contribution in [-0.4, -0.2) is 38.4 Å². The molecule has 1 aromatic carbocycles. The molecule has 1 N–H and O–H groups in total. The smallest absolute Gasteiger partial charge is 0.243 e. The van der Waals surface area contributed by atoms with E-state index in [0.29, 0.717) is 11.4 Å². The lowest BCUT2D eigenvalue weighted by Gasteiger charge is -2.36. The predicted octanol–water partition coefficient (Wildman–Crippen LogP) is 0.977. The van der Waals surface area contributed by atoms with E-state index in [9.17, 15) is 8.42 Å². The Kier molecular flexibility index (Phi) is 3.51. The Morgan fingerprint density at radius 1 is 1.29 bits per heavy atom. The molecule has 4 nitrogen and oxygen atoms in total. The van der Waals surface area contributed by atoms with Crippen molar-refractivity contribution in [3.8, 4) is 0 Å². The Morgan fingerprint density at radius 2 is 1.88 bits per heavy atom. The molecule has 0 amide bonds. The molecule has 1 fully saturated rings. The molecule has 1 aliphatic rings. The third-order valence-corrected chi connectivity index (χ3v) is 5.15. The summed E-state index contributed by atoms with van der Waals surface area (Å²) in [7, 11) is -3.33. The largest absolute Gasteiger partial charge is 0.313 e. The molecule has 17 heavy (non-hydrogen) atoms. The Labute approximate surface area is 103 Å². The van der Waals surface area contributed by atoms with Gasteiger partial charge in [0.1, 0.15) is 0 Å². The summed E-state index contributed by atoms with van der Waals surface area (Å²) in [6, 6.07) is 7.13. The molecule has 0 radical (unpaired) electrons. The Balaban J connectivity index is 2.30. The number of aryl methyl sites for hydroxylation is 1. The third-order valence-electron chi connectivity index (χ3n) is 3.11. The molecule has 2 rings (SSSR count). The van der Waals surface area contributed by atoms with Crippen molar-refractivity contribution >= 4 is 10.0 Å².